The molecule has 0 amide bonds. The molecule has 0 saturated carbocycles. The van der Waals surface area contributed by atoms with Gasteiger partial charge in [-0.3, -0.25) is 5.32 Å². The fraction of sp³-hybridized carbons (Fsp3) is 0.130. The van der Waals surface area contributed by atoms with Crippen molar-refractivity contribution >= 4 is 15.9 Å². The van der Waals surface area contributed by atoms with E-state index < -0.39 is 0 Å². The van der Waals surface area contributed by atoms with Gasteiger partial charge < -0.3 is 4.42 Å². The van der Waals surface area contributed by atoms with E-state index in [1.165, 1.54) is 5.56 Å². The quantitative estimate of drug-likeness (QED) is 0.408. The molecule has 0 unspecified atom stereocenters. The molecule has 1 heterocycles. The predicted octanol–water partition coefficient (Wildman–Crippen LogP) is 5.94. The first-order chi connectivity index (χ1) is 13.7. The number of hydrogen-bond donors (Lipinski definition) is 1. The summed E-state index contributed by atoms with van der Waals surface area (Å²) in [6.07, 6.45) is 0. The molecule has 1 N–H and O–H groups in total. The molecule has 0 saturated heterocycles. The van der Waals surface area contributed by atoms with Crippen LogP contribution >= 0.6 is 15.9 Å². The maximum Gasteiger partial charge on any atom is 0.247 e. The Kier molecular flexibility index (Phi) is 5.65. The highest BCUT2D eigenvalue weighted by Crippen LogP contribution is 2.28. The third-order valence-corrected chi connectivity index (χ3v) is 5.16. The largest absolute Gasteiger partial charge is 0.419 e. The van der Waals surface area contributed by atoms with Crippen molar-refractivity contribution in [3.05, 3.63) is 106 Å². The highest BCUT2D eigenvalue weighted by atomic mass is 79.9. The average molecular weight is 434 g/mol. The zero-order valence-corrected chi connectivity index (χ0v) is 17.0. The van der Waals surface area contributed by atoms with Crippen molar-refractivity contribution in [3.63, 3.8) is 0 Å². The fourth-order valence-corrected chi connectivity index (χ4v) is 3.37. The molecule has 0 radical (unpaired) electrons. The fourth-order valence-electron chi connectivity index (χ4n) is 3.10. The summed E-state index contributed by atoms with van der Waals surface area (Å²) >= 11 is 3.50. The standard InChI is InChI=1S/C23H20BrN3O/c1-16(17-8-4-2-5-9-17)25-21(18-12-14-20(24)15-13-18)23-27-26-22(28-23)19-10-6-3-7-11-19/h2-16,21,25H,1H3/t16-,21-/m1/s1. The summed E-state index contributed by atoms with van der Waals surface area (Å²) in [7, 11) is 0. The van der Waals surface area contributed by atoms with Crippen LogP contribution in [-0.2, 0) is 0 Å². The van der Waals surface area contributed by atoms with Crippen molar-refractivity contribution in [2.45, 2.75) is 19.0 Å². The van der Waals surface area contributed by atoms with Gasteiger partial charge in [-0.15, -0.1) is 10.2 Å². The summed E-state index contributed by atoms with van der Waals surface area (Å²) < 4.78 is 7.09. The Hall–Kier alpha value is -2.76. The van der Waals surface area contributed by atoms with E-state index in [2.05, 4.69) is 62.6 Å². The van der Waals surface area contributed by atoms with Crippen LogP contribution in [-0.4, -0.2) is 10.2 Å². The molecule has 4 rings (SSSR count). The Morgan fingerprint density at radius 1 is 0.786 bits per heavy atom. The van der Waals surface area contributed by atoms with Crippen molar-refractivity contribution in [2.75, 3.05) is 0 Å². The molecule has 4 aromatic rings. The van der Waals surface area contributed by atoms with E-state index in [-0.39, 0.29) is 12.1 Å². The van der Waals surface area contributed by atoms with Gasteiger partial charge in [0.1, 0.15) is 6.04 Å². The van der Waals surface area contributed by atoms with E-state index in [9.17, 15) is 0 Å². The molecule has 4 nitrogen and oxygen atoms in total. The van der Waals surface area contributed by atoms with Gasteiger partial charge in [0.15, 0.2) is 0 Å². The summed E-state index contributed by atoms with van der Waals surface area (Å²) in [5, 5.41) is 12.3. The Balaban J connectivity index is 1.67. The van der Waals surface area contributed by atoms with Gasteiger partial charge in [0.05, 0.1) is 0 Å². The third-order valence-electron chi connectivity index (χ3n) is 4.63. The lowest BCUT2D eigenvalue weighted by Gasteiger charge is -2.21. The van der Waals surface area contributed by atoms with Crippen LogP contribution in [0.5, 0.6) is 0 Å². The summed E-state index contributed by atoms with van der Waals surface area (Å²) in [5.41, 5.74) is 3.17. The van der Waals surface area contributed by atoms with Crippen LogP contribution in [0.15, 0.2) is 93.8 Å². The monoisotopic (exact) mass is 433 g/mol. The van der Waals surface area contributed by atoms with Crippen molar-refractivity contribution < 1.29 is 4.42 Å². The number of halogens is 1. The summed E-state index contributed by atoms with van der Waals surface area (Å²) in [6.45, 7) is 2.13. The maximum absolute atomic E-state index is 6.06. The first-order valence-corrected chi connectivity index (χ1v) is 9.95. The van der Waals surface area contributed by atoms with Crippen molar-refractivity contribution in [1.82, 2.24) is 15.5 Å². The molecule has 2 atom stereocenters. The van der Waals surface area contributed by atoms with Crippen LogP contribution in [0.1, 0.15) is 36.0 Å². The molecule has 5 heteroatoms. The number of nitrogens with zero attached hydrogens (tertiary/aromatic N) is 2. The Labute approximate surface area is 172 Å². The van der Waals surface area contributed by atoms with Crippen LogP contribution in [0, 0.1) is 0 Å². The van der Waals surface area contributed by atoms with Gasteiger partial charge in [0.2, 0.25) is 11.8 Å². The molecule has 140 valence electrons. The molecular formula is C23H20BrN3O. The van der Waals surface area contributed by atoms with E-state index in [1.54, 1.807) is 0 Å². The number of benzene rings is 3. The summed E-state index contributed by atoms with van der Waals surface area (Å²) in [5.74, 6) is 1.07. The lowest BCUT2D eigenvalue weighted by atomic mass is 10.0. The number of rotatable bonds is 6. The third kappa shape index (κ3) is 4.21. The molecule has 0 fully saturated rings. The van der Waals surface area contributed by atoms with Crippen LogP contribution in [0.3, 0.4) is 0 Å². The minimum atomic E-state index is -0.215. The van der Waals surface area contributed by atoms with Crippen molar-refractivity contribution in [2.24, 2.45) is 0 Å². The van der Waals surface area contributed by atoms with Gasteiger partial charge in [-0.25, -0.2) is 0 Å². The SMILES string of the molecule is C[C@@H](N[C@H](c1ccc(Br)cc1)c1nnc(-c2ccccc2)o1)c1ccccc1. The average Bonchev–Trinajstić information content (AvgIpc) is 3.24. The lowest BCUT2D eigenvalue weighted by molar-refractivity contribution is 0.411. The minimum Gasteiger partial charge on any atom is -0.419 e. The van der Waals surface area contributed by atoms with E-state index in [1.807, 2.05) is 60.7 Å². The zero-order chi connectivity index (χ0) is 19.3. The molecule has 0 spiro atoms. The Morgan fingerprint density at radius 2 is 1.43 bits per heavy atom. The molecule has 0 aliphatic rings. The Bertz CT molecular complexity index is 1020. The topological polar surface area (TPSA) is 51.0 Å². The second-order valence-electron chi connectivity index (χ2n) is 6.60. The second-order valence-corrected chi connectivity index (χ2v) is 7.51. The van der Waals surface area contributed by atoms with Crippen LogP contribution in [0.4, 0.5) is 0 Å². The van der Waals surface area contributed by atoms with Gasteiger partial charge in [-0.2, -0.15) is 0 Å². The van der Waals surface area contributed by atoms with Crippen LogP contribution in [0.25, 0.3) is 11.5 Å². The van der Waals surface area contributed by atoms with Gasteiger partial charge in [0, 0.05) is 16.1 Å². The van der Waals surface area contributed by atoms with E-state index in [0.717, 1.165) is 15.6 Å². The smallest absolute Gasteiger partial charge is 0.247 e. The van der Waals surface area contributed by atoms with E-state index >= 15 is 0 Å². The maximum atomic E-state index is 6.06. The first-order valence-electron chi connectivity index (χ1n) is 9.16. The zero-order valence-electron chi connectivity index (χ0n) is 15.4. The molecule has 1 aromatic heterocycles. The normalized spacial score (nSPS) is 13.2. The first kappa shape index (κ1) is 18.6. The lowest BCUT2D eigenvalue weighted by Crippen LogP contribution is -2.26. The van der Waals surface area contributed by atoms with Crippen LogP contribution in [0.2, 0.25) is 0 Å². The highest BCUT2D eigenvalue weighted by molar-refractivity contribution is 9.10. The molecule has 0 aliphatic heterocycles. The Morgan fingerprint density at radius 3 is 2.11 bits per heavy atom. The number of hydrogen-bond acceptors (Lipinski definition) is 4. The summed E-state index contributed by atoms with van der Waals surface area (Å²) in [4.78, 5) is 0. The molecular weight excluding hydrogens is 414 g/mol. The summed E-state index contributed by atoms with van der Waals surface area (Å²) in [6, 6.07) is 28.2. The minimum absolute atomic E-state index is 0.113. The van der Waals surface area contributed by atoms with E-state index in [0.29, 0.717) is 11.8 Å². The van der Waals surface area contributed by atoms with Gasteiger partial charge in [-0.1, -0.05) is 76.6 Å². The van der Waals surface area contributed by atoms with Gasteiger partial charge >= 0.3 is 0 Å². The molecule has 28 heavy (non-hydrogen) atoms. The highest BCUT2D eigenvalue weighted by Gasteiger charge is 2.23. The van der Waals surface area contributed by atoms with E-state index in [4.69, 9.17) is 4.42 Å². The molecule has 3 aromatic carbocycles. The van der Waals surface area contributed by atoms with Gasteiger partial charge in [-0.05, 0) is 42.3 Å². The molecule has 0 bridgehead atoms. The second kappa shape index (κ2) is 8.50. The van der Waals surface area contributed by atoms with Crippen LogP contribution < -0.4 is 5.32 Å². The number of nitrogens with one attached hydrogen (secondary N) is 1. The van der Waals surface area contributed by atoms with Crippen molar-refractivity contribution in [3.8, 4) is 11.5 Å². The van der Waals surface area contributed by atoms with Crippen molar-refractivity contribution in [1.29, 1.82) is 0 Å². The van der Waals surface area contributed by atoms with Gasteiger partial charge in [0.25, 0.3) is 0 Å². The predicted molar refractivity (Wildman–Crippen MR) is 114 cm³/mol. The number of aromatic nitrogens is 2. The molecule has 0 aliphatic carbocycles.